The molecule has 1 rings (SSSR count). The summed E-state index contributed by atoms with van der Waals surface area (Å²) in [5.41, 5.74) is -0.902. The van der Waals surface area contributed by atoms with E-state index in [0.717, 1.165) is 6.20 Å². The van der Waals surface area contributed by atoms with Gasteiger partial charge in [0.1, 0.15) is 11.6 Å². The average molecular weight is 323 g/mol. The van der Waals surface area contributed by atoms with Crippen LogP contribution >= 0.6 is 0 Å². The molecule has 0 aliphatic heterocycles. The Morgan fingerprint density at radius 1 is 1.41 bits per heavy atom. The molecule has 0 aliphatic rings. The van der Waals surface area contributed by atoms with Crippen LogP contribution in [0.5, 0.6) is 0 Å². The second kappa shape index (κ2) is 6.24. The largest absolute Gasteiger partial charge is 0.480 e. The molecule has 124 valence electrons. The number of alkyl carbamates (subject to hydrolysis) is 1. The molecular weight excluding hydrogens is 307 g/mol. The number of H-pyrrole nitrogens is 1. The minimum Gasteiger partial charge on any atom is -0.480 e. The summed E-state index contributed by atoms with van der Waals surface area (Å²) in [6.07, 6.45) is -5.15. The lowest BCUT2D eigenvalue weighted by Crippen LogP contribution is -2.44. The normalized spacial score (nSPS) is 13.5. The number of rotatable bonds is 4. The number of hydrogen-bond acceptors (Lipinski definition) is 4. The van der Waals surface area contributed by atoms with E-state index in [0.29, 0.717) is 0 Å². The van der Waals surface area contributed by atoms with Gasteiger partial charge >= 0.3 is 18.2 Å². The van der Waals surface area contributed by atoms with Crippen LogP contribution in [0.2, 0.25) is 0 Å². The quantitative estimate of drug-likeness (QED) is 0.785. The number of nitrogens with zero attached hydrogens (tertiary/aromatic N) is 1. The lowest BCUT2D eigenvalue weighted by atomic mass is 10.1. The van der Waals surface area contributed by atoms with Crippen LogP contribution < -0.4 is 5.32 Å². The number of hydrogen-bond donors (Lipinski definition) is 3. The van der Waals surface area contributed by atoms with Gasteiger partial charge in [-0.05, 0) is 20.8 Å². The number of ether oxygens (including phenoxy) is 1. The molecule has 1 heterocycles. The van der Waals surface area contributed by atoms with E-state index in [1.165, 1.54) is 0 Å². The Balaban J connectivity index is 2.75. The number of aromatic amines is 1. The molecule has 0 saturated heterocycles. The monoisotopic (exact) mass is 323 g/mol. The molecule has 1 aromatic heterocycles. The highest BCUT2D eigenvalue weighted by Crippen LogP contribution is 2.26. The van der Waals surface area contributed by atoms with Crippen molar-refractivity contribution in [3.05, 3.63) is 17.7 Å². The minimum atomic E-state index is -4.66. The van der Waals surface area contributed by atoms with Gasteiger partial charge in [-0.25, -0.2) is 14.6 Å². The van der Waals surface area contributed by atoms with Gasteiger partial charge in [-0.15, -0.1) is 0 Å². The van der Waals surface area contributed by atoms with Gasteiger partial charge in [-0.2, -0.15) is 13.2 Å². The van der Waals surface area contributed by atoms with Crippen LogP contribution in [0.1, 0.15) is 32.3 Å². The van der Waals surface area contributed by atoms with Gasteiger partial charge in [-0.3, -0.25) is 0 Å². The lowest BCUT2D eigenvalue weighted by molar-refractivity contribution is -0.144. The van der Waals surface area contributed by atoms with Crippen LogP contribution in [0, 0.1) is 0 Å². The van der Waals surface area contributed by atoms with E-state index < -0.39 is 42.1 Å². The molecule has 0 spiro atoms. The number of carbonyl (C=O) groups is 2. The molecular formula is C12H16F3N3O4. The van der Waals surface area contributed by atoms with Gasteiger partial charge in [0.2, 0.25) is 5.82 Å². The Morgan fingerprint density at radius 2 is 2.00 bits per heavy atom. The SMILES string of the molecule is CC(C)(C)OC(=O)NC(Cc1cnc(C(F)(F)F)[nH]1)C(=O)O. The van der Waals surface area contributed by atoms with Gasteiger partial charge in [0, 0.05) is 18.3 Å². The van der Waals surface area contributed by atoms with Crippen molar-refractivity contribution in [3.8, 4) is 0 Å². The van der Waals surface area contributed by atoms with Gasteiger partial charge in [0.15, 0.2) is 0 Å². The average Bonchev–Trinajstić information content (AvgIpc) is 2.73. The molecule has 22 heavy (non-hydrogen) atoms. The summed E-state index contributed by atoms with van der Waals surface area (Å²) in [6, 6.07) is -1.45. The number of alkyl halides is 3. The molecule has 3 N–H and O–H groups in total. The molecule has 1 aromatic rings. The van der Waals surface area contributed by atoms with Crippen molar-refractivity contribution >= 4 is 12.1 Å². The third-order valence-corrected chi connectivity index (χ3v) is 2.31. The Labute approximate surface area is 123 Å². The Hall–Kier alpha value is -2.26. The number of aliphatic carboxylic acids is 1. The van der Waals surface area contributed by atoms with E-state index in [9.17, 15) is 22.8 Å². The fraction of sp³-hybridized carbons (Fsp3) is 0.583. The summed E-state index contributed by atoms with van der Waals surface area (Å²) >= 11 is 0. The topological polar surface area (TPSA) is 104 Å². The van der Waals surface area contributed by atoms with Gasteiger partial charge in [0.25, 0.3) is 0 Å². The molecule has 0 aliphatic carbocycles. The summed E-state index contributed by atoms with van der Waals surface area (Å²) in [6.45, 7) is 4.77. The number of halogens is 3. The summed E-state index contributed by atoms with van der Waals surface area (Å²) in [5.74, 6) is -2.64. The maximum Gasteiger partial charge on any atom is 0.449 e. The predicted octanol–water partition coefficient (Wildman–Crippen LogP) is 1.95. The maximum atomic E-state index is 12.4. The third kappa shape index (κ3) is 5.62. The van der Waals surface area contributed by atoms with E-state index in [4.69, 9.17) is 9.84 Å². The summed E-state index contributed by atoms with van der Waals surface area (Å²) in [4.78, 5) is 27.7. The number of carbonyl (C=O) groups excluding carboxylic acids is 1. The van der Waals surface area contributed by atoms with Crippen LogP contribution in [-0.2, 0) is 22.1 Å². The molecule has 1 unspecified atom stereocenters. The molecule has 7 nitrogen and oxygen atoms in total. The number of nitrogens with one attached hydrogen (secondary N) is 2. The molecule has 10 heteroatoms. The van der Waals surface area contributed by atoms with Crippen molar-refractivity contribution in [1.82, 2.24) is 15.3 Å². The molecule has 1 amide bonds. The molecule has 1 atom stereocenters. The van der Waals surface area contributed by atoms with Crippen molar-refractivity contribution in [2.45, 2.75) is 45.0 Å². The summed E-state index contributed by atoms with van der Waals surface area (Å²) in [5, 5.41) is 11.1. The van der Waals surface area contributed by atoms with Crippen LogP contribution in [0.15, 0.2) is 6.20 Å². The van der Waals surface area contributed by atoms with Gasteiger partial charge in [0.05, 0.1) is 0 Å². The number of carboxylic acid groups (broad SMARTS) is 1. The first-order valence-electron chi connectivity index (χ1n) is 6.22. The van der Waals surface area contributed by atoms with Crippen LogP contribution in [0.4, 0.5) is 18.0 Å². The van der Waals surface area contributed by atoms with Crippen LogP contribution in [0.3, 0.4) is 0 Å². The minimum absolute atomic E-state index is 0.0733. The first kappa shape index (κ1) is 17.8. The fourth-order valence-electron chi connectivity index (χ4n) is 1.48. The van der Waals surface area contributed by atoms with Crippen molar-refractivity contribution in [3.63, 3.8) is 0 Å². The van der Waals surface area contributed by atoms with Crippen molar-refractivity contribution in [2.24, 2.45) is 0 Å². The zero-order valence-electron chi connectivity index (χ0n) is 12.1. The predicted molar refractivity (Wildman–Crippen MR) is 68.1 cm³/mol. The Bertz CT molecular complexity index is 549. The summed E-state index contributed by atoms with van der Waals surface area (Å²) in [7, 11) is 0. The van der Waals surface area contributed by atoms with E-state index in [1.54, 1.807) is 20.8 Å². The molecule has 0 saturated carbocycles. The molecule has 0 radical (unpaired) electrons. The van der Waals surface area contributed by atoms with Crippen molar-refractivity contribution in [1.29, 1.82) is 0 Å². The highest BCUT2D eigenvalue weighted by atomic mass is 19.4. The Morgan fingerprint density at radius 3 is 2.41 bits per heavy atom. The van der Waals surface area contributed by atoms with E-state index >= 15 is 0 Å². The second-order valence-corrected chi connectivity index (χ2v) is 5.50. The van der Waals surface area contributed by atoms with Gasteiger partial charge in [-0.1, -0.05) is 0 Å². The number of aromatic nitrogens is 2. The zero-order chi connectivity index (χ0) is 17.1. The third-order valence-electron chi connectivity index (χ3n) is 2.31. The van der Waals surface area contributed by atoms with Gasteiger partial charge < -0.3 is 20.1 Å². The van der Waals surface area contributed by atoms with Crippen molar-refractivity contribution < 1.29 is 32.6 Å². The van der Waals surface area contributed by atoms with E-state index in [1.807, 2.05) is 4.98 Å². The Kier molecular flexibility index (Phi) is 5.05. The standard InChI is InChI=1S/C12H16F3N3O4/c1-11(2,3)22-10(21)18-7(8(19)20)4-6-5-16-9(17-6)12(13,14)15/h5,7H,4H2,1-3H3,(H,16,17)(H,18,21)(H,19,20). The maximum absolute atomic E-state index is 12.4. The first-order chi connectivity index (χ1) is 9.88. The number of amides is 1. The molecule has 0 fully saturated rings. The van der Waals surface area contributed by atoms with Crippen LogP contribution in [-0.4, -0.2) is 38.8 Å². The summed E-state index contributed by atoms with van der Waals surface area (Å²) < 4.78 is 42.1. The van der Waals surface area contributed by atoms with E-state index in [-0.39, 0.29) is 5.69 Å². The molecule has 0 aromatic carbocycles. The highest BCUT2D eigenvalue weighted by molar-refractivity contribution is 5.80. The number of carboxylic acids is 1. The first-order valence-corrected chi connectivity index (χ1v) is 6.22. The van der Waals surface area contributed by atoms with Crippen LogP contribution in [0.25, 0.3) is 0 Å². The van der Waals surface area contributed by atoms with Crippen molar-refractivity contribution in [2.75, 3.05) is 0 Å². The zero-order valence-corrected chi connectivity index (χ0v) is 12.1. The second-order valence-electron chi connectivity index (χ2n) is 5.50. The van der Waals surface area contributed by atoms with E-state index in [2.05, 4.69) is 10.3 Å². The number of imidazole rings is 1. The highest BCUT2D eigenvalue weighted by Gasteiger charge is 2.35. The lowest BCUT2D eigenvalue weighted by Gasteiger charge is -2.21. The fourth-order valence-corrected chi connectivity index (χ4v) is 1.48. The smallest absolute Gasteiger partial charge is 0.449 e. The molecule has 0 bridgehead atoms.